The van der Waals surface area contributed by atoms with Gasteiger partial charge in [0, 0.05) is 10.8 Å². The van der Waals surface area contributed by atoms with Crippen molar-refractivity contribution in [1.29, 1.82) is 0 Å². The number of aromatic hydroxyl groups is 1. The molecule has 2 aromatic carbocycles. The van der Waals surface area contributed by atoms with Crippen LogP contribution in [0.1, 0.15) is 10.5 Å². The minimum atomic E-state index is -1.35. The van der Waals surface area contributed by atoms with E-state index in [0.29, 0.717) is 16.9 Å². The first kappa shape index (κ1) is 14.2. The molecule has 0 unspecified atom stereocenters. The van der Waals surface area contributed by atoms with E-state index < -0.39 is 17.4 Å². The molecular weight excluding hydrogens is 306 g/mol. The molecule has 22 heavy (non-hydrogen) atoms. The van der Waals surface area contributed by atoms with Crippen molar-refractivity contribution in [3.8, 4) is 17.2 Å². The summed E-state index contributed by atoms with van der Waals surface area (Å²) < 4.78 is 5.66. The lowest BCUT2D eigenvalue weighted by Gasteiger charge is -2.09. The van der Waals surface area contributed by atoms with E-state index >= 15 is 0 Å². The van der Waals surface area contributed by atoms with Crippen LogP contribution in [0, 0.1) is 0 Å². The van der Waals surface area contributed by atoms with Crippen molar-refractivity contribution in [3.63, 3.8) is 0 Å². The van der Waals surface area contributed by atoms with Crippen LogP contribution in [0.4, 0.5) is 0 Å². The highest BCUT2D eigenvalue weighted by Gasteiger charge is 2.18. The number of nitrogens with zero attached hydrogens (tertiary/aromatic N) is 1. The maximum absolute atomic E-state index is 11.1. The average Bonchev–Trinajstić information content (AvgIpc) is 2.51. The summed E-state index contributed by atoms with van der Waals surface area (Å²) in [5, 5.41) is 19.8. The zero-order chi connectivity index (χ0) is 15.7. The molecule has 0 aliphatic heterocycles. The van der Waals surface area contributed by atoms with Gasteiger partial charge in [0.25, 0.3) is 0 Å². The SMILES string of the molecule is O=C(O)c1nc(Cl)c2ccc(Oc3ccccc3)cc2c1O. The molecule has 0 fully saturated rings. The maximum atomic E-state index is 11.1. The Morgan fingerprint density at radius 3 is 2.45 bits per heavy atom. The minimum absolute atomic E-state index is 0.0106. The van der Waals surface area contributed by atoms with Crippen LogP contribution in [0.5, 0.6) is 17.2 Å². The normalized spacial score (nSPS) is 10.6. The van der Waals surface area contributed by atoms with E-state index in [9.17, 15) is 9.90 Å². The summed E-state index contributed by atoms with van der Waals surface area (Å²) in [6, 6.07) is 13.9. The molecule has 5 nitrogen and oxygen atoms in total. The van der Waals surface area contributed by atoms with Crippen molar-refractivity contribution in [3.05, 3.63) is 59.4 Å². The second-order valence-corrected chi connectivity index (χ2v) is 4.89. The van der Waals surface area contributed by atoms with Gasteiger partial charge in [0.15, 0.2) is 11.4 Å². The van der Waals surface area contributed by atoms with Crippen LogP contribution in [0.15, 0.2) is 48.5 Å². The van der Waals surface area contributed by atoms with Gasteiger partial charge in [-0.3, -0.25) is 0 Å². The molecule has 0 atom stereocenters. The molecule has 0 saturated heterocycles. The summed E-state index contributed by atoms with van der Waals surface area (Å²) in [7, 11) is 0. The quantitative estimate of drug-likeness (QED) is 0.712. The second kappa shape index (κ2) is 5.54. The summed E-state index contributed by atoms with van der Waals surface area (Å²) in [6.07, 6.45) is 0. The lowest BCUT2D eigenvalue weighted by molar-refractivity contribution is 0.0687. The molecule has 0 radical (unpaired) electrons. The van der Waals surface area contributed by atoms with Crippen LogP contribution in [-0.4, -0.2) is 21.2 Å². The van der Waals surface area contributed by atoms with E-state index in [-0.39, 0.29) is 10.5 Å². The van der Waals surface area contributed by atoms with Crippen molar-refractivity contribution in [2.24, 2.45) is 0 Å². The van der Waals surface area contributed by atoms with E-state index in [4.69, 9.17) is 21.4 Å². The average molecular weight is 316 g/mol. The smallest absolute Gasteiger partial charge is 0.358 e. The largest absolute Gasteiger partial charge is 0.505 e. The molecular formula is C16H10ClNO4. The lowest BCUT2D eigenvalue weighted by atomic mass is 10.1. The van der Waals surface area contributed by atoms with Gasteiger partial charge < -0.3 is 14.9 Å². The number of carbonyl (C=O) groups is 1. The number of carboxylic acids is 1. The summed E-state index contributed by atoms with van der Waals surface area (Å²) in [5.41, 5.74) is -0.491. The highest BCUT2D eigenvalue weighted by atomic mass is 35.5. The highest BCUT2D eigenvalue weighted by Crippen LogP contribution is 2.35. The molecule has 0 aliphatic rings. The third-order valence-electron chi connectivity index (χ3n) is 3.08. The second-order valence-electron chi connectivity index (χ2n) is 4.53. The number of hydrogen-bond donors (Lipinski definition) is 2. The van der Waals surface area contributed by atoms with E-state index in [1.54, 1.807) is 24.3 Å². The number of ether oxygens (including phenoxy) is 1. The molecule has 0 aliphatic carbocycles. The van der Waals surface area contributed by atoms with Crippen LogP contribution in [-0.2, 0) is 0 Å². The van der Waals surface area contributed by atoms with Gasteiger partial charge in [0.05, 0.1) is 0 Å². The molecule has 2 N–H and O–H groups in total. The standard InChI is InChI=1S/C16H10ClNO4/c17-15-11-7-6-10(22-9-4-2-1-3-5-9)8-12(11)14(19)13(18-15)16(20)21/h1-8,19H,(H,20,21). The van der Waals surface area contributed by atoms with Gasteiger partial charge in [-0.1, -0.05) is 29.8 Å². The monoisotopic (exact) mass is 315 g/mol. The van der Waals surface area contributed by atoms with Crippen LogP contribution in [0.2, 0.25) is 5.15 Å². The predicted molar refractivity (Wildman–Crippen MR) is 81.9 cm³/mol. The van der Waals surface area contributed by atoms with Gasteiger partial charge in [0.2, 0.25) is 0 Å². The van der Waals surface area contributed by atoms with Crippen molar-refractivity contribution in [2.75, 3.05) is 0 Å². The molecule has 1 heterocycles. The van der Waals surface area contributed by atoms with Gasteiger partial charge in [-0.15, -0.1) is 0 Å². The Morgan fingerprint density at radius 2 is 1.77 bits per heavy atom. The van der Waals surface area contributed by atoms with Gasteiger partial charge in [0.1, 0.15) is 16.7 Å². The number of aromatic carboxylic acids is 1. The van der Waals surface area contributed by atoms with Gasteiger partial charge >= 0.3 is 5.97 Å². The third-order valence-corrected chi connectivity index (χ3v) is 3.37. The molecule has 1 aromatic heterocycles. The van der Waals surface area contributed by atoms with E-state index in [1.165, 1.54) is 6.07 Å². The fourth-order valence-electron chi connectivity index (χ4n) is 2.08. The first-order valence-corrected chi connectivity index (χ1v) is 6.72. The van der Waals surface area contributed by atoms with Crippen molar-refractivity contribution >= 4 is 28.3 Å². The molecule has 0 bridgehead atoms. The summed E-state index contributed by atoms with van der Waals surface area (Å²) in [5.74, 6) is -0.714. The van der Waals surface area contributed by atoms with E-state index in [1.807, 2.05) is 18.2 Å². The Bertz CT molecular complexity index is 865. The first-order valence-electron chi connectivity index (χ1n) is 6.34. The summed E-state index contributed by atoms with van der Waals surface area (Å²) >= 11 is 5.96. The Hall–Kier alpha value is -2.79. The van der Waals surface area contributed by atoms with Crippen molar-refractivity contribution < 1.29 is 19.7 Å². The fraction of sp³-hybridized carbons (Fsp3) is 0. The maximum Gasteiger partial charge on any atom is 0.358 e. The van der Waals surface area contributed by atoms with Crippen LogP contribution in [0.25, 0.3) is 10.8 Å². The number of rotatable bonds is 3. The highest BCUT2D eigenvalue weighted by molar-refractivity contribution is 6.34. The number of carboxylic acid groups (broad SMARTS) is 1. The zero-order valence-corrected chi connectivity index (χ0v) is 11.9. The molecule has 3 aromatic rings. The molecule has 0 saturated carbocycles. The number of pyridine rings is 1. The first-order chi connectivity index (χ1) is 10.6. The number of halogens is 1. The Labute approximate surface area is 130 Å². The number of hydrogen-bond acceptors (Lipinski definition) is 4. The van der Waals surface area contributed by atoms with Gasteiger partial charge in [-0.25, -0.2) is 9.78 Å². The third kappa shape index (κ3) is 2.54. The molecule has 0 spiro atoms. The lowest BCUT2D eigenvalue weighted by Crippen LogP contribution is -2.01. The molecule has 110 valence electrons. The van der Waals surface area contributed by atoms with E-state index in [2.05, 4.69) is 4.98 Å². The summed E-state index contributed by atoms with van der Waals surface area (Å²) in [4.78, 5) is 14.8. The predicted octanol–water partition coefficient (Wildman–Crippen LogP) is 4.08. The summed E-state index contributed by atoms with van der Waals surface area (Å²) in [6.45, 7) is 0. The Balaban J connectivity index is 2.12. The van der Waals surface area contributed by atoms with Crippen LogP contribution >= 0.6 is 11.6 Å². The Kier molecular flexibility index (Phi) is 3.56. The van der Waals surface area contributed by atoms with Crippen molar-refractivity contribution in [2.45, 2.75) is 0 Å². The number of fused-ring (bicyclic) bond motifs is 1. The zero-order valence-electron chi connectivity index (χ0n) is 11.2. The number of aromatic nitrogens is 1. The van der Waals surface area contributed by atoms with Gasteiger partial charge in [-0.05, 0) is 30.3 Å². The molecule has 6 heteroatoms. The van der Waals surface area contributed by atoms with Crippen LogP contribution in [0.3, 0.4) is 0 Å². The Morgan fingerprint density at radius 1 is 1.05 bits per heavy atom. The minimum Gasteiger partial charge on any atom is -0.505 e. The fourth-order valence-corrected chi connectivity index (χ4v) is 2.32. The topological polar surface area (TPSA) is 79.7 Å². The van der Waals surface area contributed by atoms with Gasteiger partial charge in [-0.2, -0.15) is 0 Å². The number of benzene rings is 2. The van der Waals surface area contributed by atoms with Crippen LogP contribution < -0.4 is 4.74 Å². The molecule has 0 amide bonds. The van der Waals surface area contributed by atoms with Crippen molar-refractivity contribution in [1.82, 2.24) is 4.98 Å². The number of para-hydroxylation sites is 1. The molecule has 3 rings (SSSR count). The van der Waals surface area contributed by atoms with E-state index in [0.717, 1.165) is 0 Å².